The zero-order chi connectivity index (χ0) is 31.5. The van der Waals surface area contributed by atoms with Gasteiger partial charge in [0.25, 0.3) is 5.91 Å². The first-order chi connectivity index (χ1) is 20.2. The molecule has 1 aliphatic heterocycles. The molecule has 4 aliphatic rings. The number of hydrogen-bond donors (Lipinski definition) is 5. The highest BCUT2D eigenvalue weighted by atomic mass is 16.3. The van der Waals surface area contributed by atoms with Crippen molar-refractivity contribution >= 4 is 35.0 Å². The van der Waals surface area contributed by atoms with Gasteiger partial charge in [-0.2, -0.15) is 0 Å². The van der Waals surface area contributed by atoms with Crippen LogP contribution in [-0.4, -0.2) is 99.8 Å². The van der Waals surface area contributed by atoms with Gasteiger partial charge in [0.05, 0.1) is 18.2 Å². The molecule has 1 heterocycles. The third kappa shape index (κ3) is 4.62. The largest absolute Gasteiger partial charge is 0.508 e. The minimum atomic E-state index is -2.68. The van der Waals surface area contributed by atoms with Gasteiger partial charge in [-0.1, -0.05) is 17.7 Å². The zero-order valence-electron chi connectivity index (χ0n) is 25.0. The summed E-state index contributed by atoms with van der Waals surface area (Å²) in [5.74, 6) is -6.63. The average Bonchev–Trinajstić information content (AvgIpc) is 3.46. The van der Waals surface area contributed by atoms with Crippen LogP contribution in [-0.2, 0) is 27.3 Å². The molecule has 1 amide bonds. The molecule has 11 nitrogen and oxygen atoms in total. The number of amides is 1. The van der Waals surface area contributed by atoms with Crippen LogP contribution in [0.2, 0.25) is 0 Å². The van der Waals surface area contributed by atoms with Gasteiger partial charge in [-0.3, -0.25) is 29.2 Å². The number of allylic oxidation sites excluding steroid dienone is 2. The number of nitrogens with zero attached hydrogens (tertiary/aromatic N) is 3. The normalized spacial score (nSPS) is 27.1. The highest BCUT2D eigenvalue weighted by molar-refractivity contribution is 6.24. The number of aliphatic hydroxyl groups is 3. The number of fused-ring (bicyclic) bond motifs is 3. The first-order valence-electron chi connectivity index (χ1n) is 14.3. The topological polar surface area (TPSA) is 177 Å². The number of likely N-dealkylation sites (N-methyl/N-ethyl adjacent to an activating group) is 2. The van der Waals surface area contributed by atoms with E-state index in [-0.39, 0.29) is 29.7 Å². The Labute approximate surface area is 250 Å². The summed E-state index contributed by atoms with van der Waals surface area (Å²) in [4.78, 5) is 47.6. The van der Waals surface area contributed by atoms with Crippen LogP contribution in [0.1, 0.15) is 42.5 Å². The molecule has 0 radical (unpaired) electrons. The van der Waals surface area contributed by atoms with Crippen molar-refractivity contribution in [1.82, 2.24) is 9.80 Å². The van der Waals surface area contributed by atoms with E-state index in [0.29, 0.717) is 30.8 Å². The Morgan fingerprint density at radius 1 is 1.21 bits per heavy atom. The molecule has 6 N–H and O–H groups in total. The van der Waals surface area contributed by atoms with Gasteiger partial charge in [0.15, 0.2) is 11.4 Å². The van der Waals surface area contributed by atoms with Crippen molar-refractivity contribution in [3.05, 3.63) is 63.0 Å². The van der Waals surface area contributed by atoms with Gasteiger partial charge in [0.2, 0.25) is 5.78 Å². The molecule has 0 bridgehead atoms. The summed E-state index contributed by atoms with van der Waals surface area (Å²) in [6.45, 7) is 5.43. The Morgan fingerprint density at radius 2 is 1.91 bits per heavy atom. The number of aromatic hydroxyl groups is 1. The SMILES string of the molecule is C/C=C(\C)CN(C)Cc1cc(C2=CCN=C2)c2c(c1O)C(O)=C1C(=O)[C@]3(O)C(O)=C(C(N)=O)C(=O)[C@@H](N(C)C)[C@@H]3C[C@@H]1C2. The van der Waals surface area contributed by atoms with E-state index in [1.807, 2.05) is 44.0 Å². The number of primary amides is 1. The lowest BCUT2D eigenvalue weighted by molar-refractivity contribution is -0.153. The first-order valence-corrected chi connectivity index (χ1v) is 14.3. The number of aliphatic imine (C=N–C) groups is 1. The summed E-state index contributed by atoms with van der Waals surface area (Å²) in [7, 11) is 5.06. The predicted octanol–water partition coefficient (Wildman–Crippen LogP) is 1.83. The number of aliphatic hydroxyl groups excluding tert-OH is 2. The molecule has 4 atom stereocenters. The molecule has 1 aromatic carbocycles. The lowest BCUT2D eigenvalue weighted by atomic mass is 9.57. The molecule has 0 saturated heterocycles. The second-order valence-corrected chi connectivity index (χ2v) is 12.2. The highest BCUT2D eigenvalue weighted by Gasteiger charge is 2.64. The van der Waals surface area contributed by atoms with Crippen LogP contribution in [0.5, 0.6) is 5.75 Å². The monoisotopic (exact) mass is 590 g/mol. The molecule has 0 spiro atoms. The molecule has 43 heavy (non-hydrogen) atoms. The van der Waals surface area contributed by atoms with Crippen molar-refractivity contribution in [2.24, 2.45) is 22.6 Å². The summed E-state index contributed by atoms with van der Waals surface area (Å²) < 4.78 is 0. The number of carbonyl (C=O) groups is 3. The van der Waals surface area contributed by atoms with Gasteiger partial charge < -0.3 is 26.2 Å². The minimum absolute atomic E-state index is 0.0339. The Balaban J connectivity index is 1.71. The maximum absolute atomic E-state index is 14.2. The van der Waals surface area contributed by atoms with Crippen molar-refractivity contribution in [2.45, 2.75) is 44.9 Å². The first kappa shape index (κ1) is 30.4. The van der Waals surface area contributed by atoms with E-state index in [2.05, 4.69) is 4.99 Å². The number of hydrogen-bond acceptors (Lipinski definition) is 10. The van der Waals surface area contributed by atoms with E-state index < -0.39 is 58.0 Å². The van der Waals surface area contributed by atoms with Crippen molar-refractivity contribution in [1.29, 1.82) is 0 Å². The fourth-order valence-corrected chi connectivity index (χ4v) is 7.14. The molecule has 11 heteroatoms. The summed E-state index contributed by atoms with van der Waals surface area (Å²) in [6.07, 6.45) is 5.94. The van der Waals surface area contributed by atoms with Gasteiger partial charge in [-0.05, 0) is 76.5 Å². The van der Waals surface area contributed by atoms with Crippen molar-refractivity contribution in [3.8, 4) is 5.75 Å². The second-order valence-electron chi connectivity index (χ2n) is 12.2. The fraction of sp³-hybridized carbons (Fsp3) is 0.438. The maximum Gasteiger partial charge on any atom is 0.255 e. The van der Waals surface area contributed by atoms with Crippen LogP contribution < -0.4 is 5.73 Å². The summed E-state index contributed by atoms with van der Waals surface area (Å²) in [5.41, 5.74) is 5.70. The molecular formula is C32H38N4O7. The van der Waals surface area contributed by atoms with Gasteiger partial charge >= 0.3 is 0 Å². The lowest BCUT2D eigenvalue weighted by Crippen LogP contribution is -2.65. The Morgan fingerprint density at radius 3 is 2.49 bits per heavy atom. The van der Waals surface area contributed by atoms with Crippen LogP contribution >= 0.6 is 0 Å². The molecule has 0 aromatic heterocycles. The third-order valence-electron chi connectivity index (χ3n) is 9.21. The molecule has 0 unspecified atom stereocenters. The predicted molar refractivity (Wildman–Crippen MR) is 161 cm³/mol. The smallest absolute Gasteiger partial charge is 0.255 e. The van der Waals surface area contributed by atoms with E-state index in [9.17, 15) is 34.8 Å². The molecule has 1 aromatic rings. The summed E-state index contributed by atoms with van der Waals surface area (Å²) in [5, 5.41) is 46.3. The minimum Gasteiger partial charge on any atom is -0.508 e. The van der Waals surface area contributed by atoms with Gasteiger partial charge in [-0.25, -0.2) is 0 Å². The number of phenolic OH excluding ortho intramolecular Hbond substituents is 1. The molecule has 1 fully saturated rings. The third-order valence-corrected chi connectivity index (χ3v) is 9.21. The van der Waals surface area contributed by atoms with E-state index in [4.69, 9.17) is 5.73 Å². The van der Waals surface area contributed by atoms with E-state index in [1.165, 1.54) is 4.90 Å². The Hall–Kier alpha value is -4.06. The molecule has 5 rings (SSSR count). The molecule has 1 saturated carbocycles. The van der Waals surface area contributed by atoms with Crippen molar-refractivity contribution < 1.29 is 34.8 Å². The van der Waals surface area contributed by atoms with Crippen molar-refractivity contribution in [3.63, 3.8) is 0 Å². The van der Waals surface area contributed by atoms with Crippen LogP contribution in [0.25, 0.3) is 11.3 Å². The second kappa shape index (κ2) is 10.9. The van der Waals surface area contributed by atoms with E-state index in [1.54, 1.807) is 20.3 Å². The zero-order valence-corrected chi connectivity index (χ0v) is 25.0. The summed E-state index contributed by atoms with van der Waals surface area (Å²) in [6, 6.07) is 0.756. The van der Waals surface area contributed by atoms with Crippen LogP contribution in [0, 0.1) is 11.8 Å². The lowest BCUT2D eigenvalue weighted by Gasteiger charge is -2.50. The molecular weight excluding hydrogens is 552 g/mol. The number of carbonyl (C=O) groups excluding carboxylic acids is 3. The molecule has 228 valence electrons. The number of phenols is 1. The number of benzene rings is 1. The van der Waals surface area contributed by atoms with Crippen LogP contribution in [0.15, 0.2) is 45.7 Å². The van der Waals surface area contributed by atoms with Gasteiger partial charge in [0, 0.05) is 36.4 Å². The van der Waals surface area contributed by atoms with Crippen LogP contribution in [0.4, 0.5) is 0 Å². The maximum atomic E-state index is 14.2. The number of nitrogens with two attached hydrogens (primary N) is 1. The molecule has 3 aliphatic carbocycles. The van der Waals surface area contributed by atoms with E-state index >= 15 is 0 Å². The number of Topliss-reactive ketones (excluding diaryl/α,β-unsaturated/α-hetero) is 2. The van der Waals surface area contributed by atoms with E-state index in [0.717, 1.165) is 16.7 Å². The number of rotatable bonds is 7. The highest BCUT2D eigenvalue weighted by Crippen LogP contribution is 2.53. The number of ketones is 2. The van der Waals surface area contributed by atoms with Gasteiger partial charge in [0.1, 0.15) is 22.8 Å². The van der Waals surface area contributed by atoms with Crippen LogP contribution in [0.3, 0.4) is 0 Å². The van der Waals surface area contributed by atoms with Crippen molar-refractivity contribution in [2.75, 3.05) is 34.2 Å². The Kier molecular flexibility index (Phi) is 7.70. The quantitative estimate of drug-likeness (QED) is 0.234. The fourth-order valence-electron chi connectivity index (χ4n) is 7.14. The van der Waals surface area contributed by atoms with Gasteiger partial charge in [-0.15, -0.1) is 0 Å². The Bertz CT molecular complexity index is 1600. The average molecular weight is 591 g/mol. The summed E-state index contributed by atoms with van der Waals surface area (Å²) >= 11 is 0. The standard InChI is InChI=1S/C32H38N4O7/c1-6-15(2)13-36(5)14-18-10-19(16-7-8-34-12-16)20-9-17-11-21-25(35(3)4)28(39)24(31(33)42)30(41)32(21,43)29(40)22(17)27(38)23(20)26(18)37/h6-7,10,12,17,21,25,37-38,41,43H,8-9,11,13-14H2,1-5H3,(H2,33,42)/b15-6+/t17-,21-,25-,32-/m0/s1.